The summed E-state index contributed by atoms with van der Waals surface area (Å²) < 4.78 is 0. The summed E-state index contributed by atoms with van der Waals surface area (Å²) in [6.07, 6.45) is 4.66. The van der Waals surface area contributed by atoms with Crippen molar-refractivity contribution in [2.75, 3.05) is 0 Å². The van der Waals surface area contributed by atoms with Crippen molar-refractivity contribution in [2.24, 2.45) is 0 Å². The second kappa shape index (κ2) is 5.59. The molecule has 104 valence electrons. The van der Waals surface area contributed by atoms with Gasteiger partial charge in [-0.3, -0.25) is 4.79 Å². The van der Waals surface area contributed by atoms with E-state index in [0.29, 0.717) is 6.42 Å². The molecule has 1 saturated carbocycles. The molecule has 2 amide bonds. The predicted octanol–water partition coefficient (Wildman–Crippen LogP) is 2.26. The van der Waals surface area contributed by atoms with Crippen LogP contribution in [0.25, 0.3) is 0 Å². The van der Waals surface area contributed by atoms with Crippen LogP contribution in [0, 0.1) is 0 Å². The van der Waals surface area contributed by atoms with Gasteiger partial charge in [-0.05, 0) is 46.0 Å². The van der Waals surface area contributed by atoms with Crippen molar-refractivity contribution in [1.29, 1.82) is 0 Å². The van der Waals surface area contributed by atoms with E-state index in [1.165, 1.54) is 0 Å². The number of carboxylic acid groups (broad SMARTS) is 1. The van der Waals surface area contributed by atoms with Crippen molar-refractivity contribution in [3.8, 4) is 0 Å². The van der Waals surface area contributed by atoms with E-state index in [0.717, 1.165) is 25.7 Å². The number of aliphatic carboxylic acids is 1. The lowest BCUT2D eigenvalue weighted by atomic mass is 9.75. The summed E-state index contributed by atoms with van der Waals surface area (Å²) in [5.74, 6) is -0.839. The molecule has 0 spiro atoms. The maximum absolute atomic E-state index is 11.9. The molecule has 0 bridgehead atoms. The third kappa shape index (κ3) is 4.20. The first-order chi connectivity index (χ1) is 8.29. The Morgan fingerprint density at radius 3 is 2.33 bits per heavy atom. The number of hydrogen-bond acceptors (Lipinski definition) is 2. The molecule has 1 fully saturated rings. The van der Waals surface area contributed by atoms with Crippen molar-refractivity contribution in [3.05, 3.63) is 0 Å². The first-order valence-electron chi connectivity index (χ1n) is 6.61. The van der Waals surface area contributed by atoms with Gasteiger partial charge in [-0.1, -0.05) is 6.92 Å². The summed E-state index contributed by atoms with van der Waals surface area (Å²) in [5, 5.41) is 14.5. The van der Waals surface area contributed by atoms with Crippen molar-refractivity contribution in [2.45, 2.75) is 70.4 Å². The van der Waals surface area contributed by atoms with Crippen molar-refractivity contribution in [1.82, 2.24) is 10.6 Å². The number of urea groups is 1. The normalized spacial score (nSPS) is 17.7. The fourth-order valence-corrected chi connectivity index (χ4v) is 2.23. The second-order valence-corrected chi connectivity index (χ2v) is 5.84. The SMILES string of the molecule is CCC1(NC(=O)NC(C)(C)CCC(=O)O)CCC1. The van der Waals surface area contributed by atoms with Crippen LogP contribution in [0.2, 0.25) is 0 Å². The molecule has 1 aliphatic rings. The van der Waals surface area contributed by atoms with Crippen LogP contribution >= 0.6 is 0 Å². The highest BCUT2D eigenvalue weighted by Gasteiger charge is 2.37. The zero-order valence-corrected chi connectivity index (χ0v) is 11.5. The van der Waals surface area contributed by atoms with Gasteiger partial charge in [0.25, 0.3) is 0 Å². The molecule has 0 atom stereocenters. The molecule has 0 heterocycles. The van der Waals surface area contributed by atoms with E-state index in [9.17, 15) is 9.59 Å². The Labute approximate surface area is 108 Å². The quantitative estimate of drug-likeness (QED) is 0.682. The third-order valence-electron chi connectivity index (χ3n) is 3.78. The average molecular weight is 256 g/mol. The van der Waals surface area contributed by atoms with Crippen LogP contribution in [0.4, 0.5) is 4.79 Å². The third-order valence-corrected chi connectivity index (χ3v) is 3.78. The highest BCUT2D eigenvalue weighted by molar-refractivity contribution is 5.76. The van der Waals surface area contributed by atoms with E-state index in [4.69, 9.17) is 5.11 Å². The summed E-state index contributed by atoms with van der Waals surface area (Å²) in [6.45, 7) is 5.76. The first kappa shape index (κ1) is 14.8. The number of nitrogens with one attached hydrogen (secondary N) is 2. The van der Waals surface area contributed by atoms with Crippen LogP contribution in [0.5, 0.6) is 0 Å². The monoisotopic (exact) mass is 256 g/mol. The second-order valence-electron chi connectivity index (χ2n) is 5.84. The van der Waals surface area contributed by atoms with E-state index >= 15 is 0 Å². The summed E-state index contributed by atoms with van der Waals surface area (Å²) in [4.78, 5) is 22.4. The molecule has 3 N–H and O–H groups in total. The predicted molar refractivity (Wildman–Crippen MR) is 69.5 cm³/mol. The Bertz CT molecular complexity index is 317. The number of hydrogen-bond donors (Lipinski definition) is 3. The molecule has 0 radical (unpaired) electrons. The fourth-order valence-electron chi connectivity index (χ4n) is 2.23. The largest absolute Gasteiger partial charge is 0.481 e. The van der Waals surface area contributed by atoms with E-state index in [1.807, 2.05) is 13.8 Å². The molecule has 1 rings (SSSR count). The number of carboxylic acids is 1. The lowest BCUT2D eigenvalue weighted by molar-refractivity contribution is -0.137. The maximum Gasteiger partial charge on any atom is 0.315 e. The smallest absolute Gasteiger partial charge is 0.315 e. The van der Waals surface area contributed by atoms with Crippen LogP contribution < -0.4 is 10.6 Å². The lowest BCUT2D eigenvalue weighted by Gasteiger charge is -2.42. The van der Waals surface area contributed by atoms with Crippen molar-refractivity contribution >= 4 is 12.0 Å². The Morgan fingerprint density at radius 2 is 1.94 bits per heavy atom. The number of amides is 2. The zero-order valence-electron chi connectivity index (χ0n) is 11.5. The van der Waals surface area contributed by atoms with Gasteiger partial charge in [0.15, 0.2) is 0 Å². The molecule has 5 heteroatoms. The minimum Gasteiger partial charge on any atom is -0.481 e. The molecule has 18 heavy (non-hydrogen) atoms. The summed E-state index contributed by atoms with van der Waals surface area (Å²) in [7, 11) is 0. The van der Waals surface area contributed by atoms with Crippen LogP contribution in [0.1, 0.15) is 59.3 Å². The summed E-state index contributed by atoms with van der Waals surface area (Å²) >= 11 is 0. The van der Waals surface area contributed by atoms with Gasteiger partial charge in [-0.2, -0.15) is 0 Å². The average Bonchev–Trinajstić information content (AvgIpc) is 2.20. The minimum atomic E-state index is -0.839. The maximum atomic E-state index is 11.9. The first-order valence-corrected chi connectivity index (χ1v) is 6.61. The van der Waals surface area contributed by atoms with Gasteiger partial charge in [0, 0.05) is 17.5 Å². The van der Waals surface area contributed by atoms with Crippen LogP contribution in [0.15, 0.2) is 0 Å². The Balaban J connectivity index is 2.40. The molecule has 5 nitrogen and oxygen atoms in total. The molecule has 0 unspecified atom stereocenters. The highest BCUT2D eigenvalue weighted by Crippen LogP contribution is 2.34. The van der Waals surface area contributed by atoms with E-state index in [2.05, 4.69) is 17.6 Å². The van der Waals surface area contributed by atoms with E-state index in [1.54, 1.807) is 0 Å². The van der Waals surface area contributed by atoms with Gasteiger partial charge < -0.3 is 15.7 Å². The molecule has 0 saturated heterocycles. The molecular formula is C13H24N2O3. The standard InChI is InChI=1S/C13H24N2O3/c1-4-13(7-5-8-13)15-11(18)14-12(2,3)9-6-10(16)17/h4-9H2,1-3H3,(H,16,17)(H2,14,15,18). The molecule has 1 aliphatic carbocycles. The zero-order chi connectivity index (χ0) is 13.8. The van der Waals surface area contributed by atoms with Crippen LogP contribution in [-0.4, -0.2) is 28.2 Å². The summed E-state index contributed by atoms with van der Waals surface area (Å²) in [6, 6.07) is -0.188. The van der Waals surface area contributed by atoms with Gasteiger partial charge in [0.2, 0.25) is 0 Å². The van der Waals surface area contributed by atoms with E-state index < -0.39 is 11.5 Å². The minimum absolute atomic E-state index is 0.0348. The fraction of sp³-hybridized carbons (Fsp3) is 0.846. The van der Waals surface area contributed by atoms with Crippen LogP contribution in [0.3, 0.4) is 0 Å². The van der Waals surface area contributed by atoms with Gasteiger partial charge in [0.05, 0.1) is 0 Å². The number of rotatable bonds is 6. The van der Waals surface area contributed by atoms with Gasteiger partial charge in [0.1, 0.15) is 0 Å². The van der Waals surface area contributed by atoms with Gasteiger partial charge in [-0.25, -0.2) is 4.79 Å². The van der Waals surface area contributed by atoms with Crippen molar-refractivity contribution < 1.29 is 14.7 Å². The Kier molecular flexibility index (Phi) is 4.59. The Morgan fingerprint density at radius 1 is 1.33 bits per heavy atom. The topological polar surface area (TPSA) is 78.4 Å². The molecular weight excluding hydrogens is 232 g/mol. The van der Waals surface area contributed by atoms with E-state index in [-0.39, 0.29) is 18.0 Å². The number of carbonyl (C=O) groups is 2. The highest BCUT2D eigenvalue weighted by atomic mass is 16.4. The molecule has 0 aliphatic heterocycles. The van der Waals surface area contributed by atoms with Crippen LogP contribution in [-0.2, 0) is 4.79 Å². The lowest BCUT2D eigenvalue weighted by Crippen LogP contribution is -2.59. The summed E-state index contributed by atoms with van der Waals surface area (Å²) in [5.41, 5.74) is -0.534. The van der Waals surface area contributed by atoms with Gasteiger partial charge in [-0.15, -0.1) is 0 Å². The van der Waals surface area contributed by atoms with Gasteiger partial charge >= 0.3 is 12.0 Å². The van der Waals surface area contributed by atoms with Crippen molar-refractivity contribution in [3.63, 3.8) is 0 Å². The molecule has 0 aromatic carbocycles. The Hall–Kier alpha value is -1.26. The molecule has 0 aromatic rings. The number of carbonyl (C=O) groups excluding carboxylic acids is 1. The molecule has 0 aromatic heterocycles.